The first-order chi connectivity index (χ1) is 11.8. The normalized spacial score (nSPS) is 25.6. The van der Waals surface area contributed by atoms with Crippen molar-refractivity contribution >= 4 is 11.6 Å². The SMILES string of the molecule is O=C1COC2(CCCN(CCC(F)(F)F)C2)CN1c1cccc(F)c1. The first-order valence-electron chi connectivity index (χ1n) is 8.25. The highest BCUT2D eigenvalue weighted by Gasteiger charge is 2.44. The molecule has 1 aromatic carbocycles. The number of amides is 1. The van der Waals surface area contributed by atoms with Crippen LogP contribution in [-0.4, -0.2) is 55.4 Å². The molecule has 1 unspecified atom stereocenters. The van der Waals surface area contributed by atoms with Crippen LogP contribution in [0.3, 0.4) is 0 Å². The Kier molecular flexibility index (Phi) is 5.02. The minimum Gasteiger partial charge on any atom is -0.362 e. The van der Waals surface area contributed by atoms with E-state index in [4.69, 9.17) is 4.74 Å². The second-order valence-electron chi connectivity index (χ2n) is 6.68. The first-order valence-corrected chi connectivity index (χ1v) is 8.25. The predicted octanol–water partition coefficient (Wildman–Crippen LogP) is 2.98. The monoisotopic (exact) mass is 360 g/mol. The quantitative estimate of drug-likeness (QED) is 0.777. The highest BCUT2D eigenvalue weighted by Crippen LogP contribution is 2.32. The molecule has 2 aliphatic heterocycles. The Labute approximate surface area is 143 Å². The number of carbonyl (C=O) groups is 1. The van der Waals surface area contributed by atoms with Crippen molar-refractivity contribution < 1.29 is 27.1 Å². The van der Waals surface area contributed by atoms with E-state index in [-0.39, 0.29) is 25.6 Å². The molecule has 138 valence electrons. The fourth-order valence-electron chi connectivity index (χ4n) is 3.51. The molecule has 1 amide bonds. The maximum Gasteiger partial charge on any atom is 0.390 e. The zero-order valence-electron chi connectivity index (χ0n) is 13.7. The van der Waals surface area contributed by atoms with Gasteiger partial charge in [0.15, 0.2) is 0 Å². The molecular formula is C17H20F4N2O2. The molecule has 2 saturated heterocycles. The van der Waals surface area contributed by atoms with E-state index in [2.05, 4.69) is 0 Å². The van der Waals surface area contributed by atoms with Gasteiger partial charge in [-0.15, -0.1) is 0 Å². The summed E-state index contributed by atoms with van der Waals surface area (Å²) in [5.74, 6) is -0.718. The summed E-state index contributed by atoms with van der Waals surface area (Å²) < 4.78 is 56.6. The Morgan fingerprint density at radius 2 is 2.04 bits per heavy atom. The maximum atomic E-state index is 13.5. The van der Waals surface area contributed by atoms with Crippen LogP contribution in [0.15, 0.2) is 24.3 Å². The van der Waals surface area contributed by atoms with Gasteiger partial charge in [-0.1, -0.05) is 6.07 Å². The molecular weight excluding hydrogens is 340 g/mol. The average Bonchev–Trinajstić information content (AvgIpc) is 2.55. The van der Waals surface area contributed by atoms with E-state index in [1.807, 2.05) is 0 Å². The summed E-state index contributed by atoms with van der Waals surface area (Å²) in [5.41, 5.74) is -0.260. The van der Waals surface area contributed by atoms with Crippen LogP contribution < -0.4 is 4.90 Å². The maximum absolute atomic E-state index is 13.5. The fourth-order valence-corrected chi connectivity index (χ4v) is 3.51. The van der Waals surface area contributed by atoms with Crippen LogP contribution in [0.4, 0.5) is 23.2 Å². The lowest BCUT2D eigenvalue weighted by atomic mass is 9.90. The Hall–Kier alpha value is -1.67. The van der Waals surface area contributed by atoms with Gasteiger partial charge in [-0.2, -0.15) is 13.2 Å². The van der Waals surface area contributed by atoms with Crippen molar-refractivity contribution in [3.8, 4) is 0 Å². The van der Waals surface area contributed by atoms with E-state index in [0.717, 1.165) is 0 Å². The molecule has 2 fully saturated rings. The summed E-state index contributed by atoms with van der Waals surface area (Å²) in [4.78, 5) is 15.4. The van der Waals surface area contributed by atoms with Gasteiger partial charge in [0.05, 0.1) is 18.6 Å². The summed E-state index contributed by atoms with van der Waals surface area (Å²) in [7, 11) is 0. The second kappa shape index (κ2) is 6.92. The third kappa shape index (κ3) is 4.49. The van der Waals surface area contributed by atoms with Gasteiger partial charge in [0.25, 0.3) is 5.91 Å². The lowest BCUT2D eigenvalue weighted by Gasteiger charge is -2.47. The molecule has 0 aromatic heterocycles. The number of morpholine rings is 1. The molecule has 2 heterocycles. The van der Waals surface area contributed by atoms with E-state index in [1.54, 1.807) is 11.0 Å². The van der Waals surface area contributed by atoms with Gasteiger partial charge < -0.3 is 14.5 Å². The van der Waals surface area contributed by atoms with Gasteiger partial charge >= 0.3 is 6.18 Å². The molecule has 0 bridgehead atoms. The zero-order chi connectivity index (χ0) is 18.1. The molecule has 1 atom stereocenters. The Morgan fingerprint density at radius 3 is 2.76 bits per heavy atom. The molecule has 25 heavy (non-hydrogen) atoms. The number of benzene rings is 1. The van der Waals surface area contributed by atoms with Crippen molar-refractivity contribution in [2.75, 3.05) is 37.7 Å². The van der Waals surface area contributed by atoms with Crippen molar-refractivity contribution in [3.63, 3.8) is 0 Å². The van der Waals surface area contributed by atoms with Crippen molar-refractivity contribution in [1.29, 1.82) is 0 Å². The number of hydrogen-bond donors (Lipinski definition) is 0. The molecule has 0 radical (unpaired) electrons. The van der Waals surface area contributed by atoms with Crippen LogP contribution in [0.2, 0.25) is 0 Å². The molecule has 8 heteroatoms. The van der Waals surface area contributed by atoms with Crippen molar-refractivity contribution in [1.82, 2.24) is 4.90 Å². The molecule has 4 nitrogen and oxygen atoms in total. The third-order valence-electron chi connectivity index (χ3n) is 4.70. The number of anilines is 1. The number of rotatable bonds is 3. The van der Waals surface area contributed by atoms with Crippen LogP contribution in [-0.2, 0) is 9.53 Å². The molecule has 0 saturated carbocycles. The van der Waals surface area contributed by atoms with Crippen LogP contribution >= 0.6 is 0 Å². The number of alkyl halides is 3. The summed E-state index contributed by atoms with van der Waals surface area (Å²) >= 11 is 0. The molecule has 2 aliphatic rings. The van der Waals surface area contributed by atoms with E-state index >= 15 is 0 Å². The van der Waals surface area contributed by atoms with Crippen molar-refractivity contribution in [2.24, 2.45) is 0 Å². The fraction of sp³-hybridized carbons (Fsp3) is 0.588. The van der Waals surface area contributed by atoms with E-state index in [9.17, 15) is 22.4 Å². The molecule has 0 aliphatic carbocycles. The lowest BCUT2D eigenvalue weighted by molar-refractivity contribution is -0.153. The van der Waals surface area contributed by atoms with Gasteiger partial charge in [-0.05, 0) is 37.6 Å². The summed E-state index contributed by atoms with van der Waals surface area (Å²) in [5, 5.41) is 0. The number of carbonyl (C=O) groups excluding carboxylic acids is 1. The lowest BCUT2D eigenvalue weighted by Crippen LogP contribution is -2.61. The van der Waals surface area contributed by atoms with E-state index in [0.29, 0.717) is 31.6 Å². The standard InChI is InChI=1S/C17H20F4N2O2/c18-13-3-1-4-14(9-13)23-12-16(25-10-15(23)24)5-2-7-22(11-16)8-6-17(19,20)21/h1,3-4,9H,2,5-8,10-12H2. The van der Waals surface area contributed by atoms with Gasteiger partial charge in [0, 0.05) is 18.8 Å². The second-order valence-corrected chi connectivity index (χ2v) is 6.68. The molecule has 1 spiro atoms. The average molecular weight is 360 g/mol. The zero-order valence-corrected chi connectivity index (χ0v) is 13.7. The number of likely N-dealkylation sites (tertiary alicyclic amines) is 1. The first kappa shape index (κ1) is 18.1. The Morgan fingerprint density at radius 1 is 1.24 bits per heavy atom. The third-order valence-corrected chi connectivity index (χ3v) is 4.70. The van der Waals surface area contributed by atoms with E-state index < -0.39 is 24.0 Å². The number of nitrogens with zero attached hydrogens (tertiary/aromatic N) is 2. The largest absolute Gasteiger partial charge is 0.390 e. The summed E-state index contributed by atoms with van der Waals surface area (Å²) in [6, 6.07) is 5.74. The van der Waals surface area contributed by atoms with Crippen LogP contribution in [0, 0.1) is 5.82 Å². The predicted molar refractivity (Wildman–Crippen MR) is 83.8 cm³/mol. The molecule has 1 aromatic rings. The molecule has 3 rings (SSSR count). The van der Waals surface area contributed by atoms with E-state index in [1.165, 1.54) is 23.1 Å². The van der Waals surface area contributed by atoms with Crippen LogP contribution in [0.5, 0.6) is 0 Å². The summed E-state index contributed by atoms with van der Waals surface area (Å²) in [6.45, 7) is 0.904. The van der Waals surface area contributed by atoms with Gasteiger partial charge in [-0.25, -0.2) is 4.39 Å². The smallest absolute Gasteiger partial charge is 0.362 e. The van der Waals surface area contributed by atoms with Gasteiger partial charge in [-0.3, -0.25) is 4.79 Å². The highest BCUT2D eigenvalue weighted by molar-refractivity contribution is 5.95. The minimum atomic E-state index is -4.19. The topological polar surface area (TPSA) is 32.8 Å². The number of hydrogen-bond acceptors (Lipinski definition) is 3. The number of piperidine rings is 1. The summed E-state index contributed by atoms with van der Waals surface area (Å²) in [6.07, 6.45) is -3.70. The van der Waals surface area contributed by atoms with Crippen molar-refractivity contribution in [3.05, 3.63) is 30.1 Å². The van der Waals surface area contributed by atoms with Gasteiger partial charge in [0.1, 0.15) is 12.4 Å². The van der Waals surface area contributed by atoms with Gasteiger partial charge in [0.2, 0.25) is 0 Å². The molecule has 0 N–H and O–H groups in total. The van der Waals surface area contributed by atoms with Crippen LogP contribution in [0.1, 0.15) is 19.3 Å². The minimum absolute atomic E-state index is 0.0808. The van der Waals surface area contributed by atoms with Crippen LogP contribution in [0.25, 0.3) is 0 Å². The number of halogens is 4. The Bertz CT molecular complexity index is 637. The number of ether oxygens (including phenoxy) is 1. The van der Waals surface area contributed by atoms with Crippen molar-refractivity contribution in [2.45, 2.75) is 31.0 Å². The Balaban J connectivity index is 1.71. The highest BCUT2D eigenvalue weighted by atomic mass is 19.4.